The maximum absolute atomic E-state index is 14.2. The minimum absolute atomic E-state index is 0.00802. The van der Waals surface area contributed by atoms with Crippen molar-refractivity contribution in [3.63, 3.8) is 0 Å². The summed E-state index contributed by atoms with van der Waals surface area (Å²) in [5.41, 5.74) is -0.815. The molecule has 2 aromatic rings. The first-order valence-corrected chi connectivity index (χ1v) is 5.81. The Hall–Kier alpha value is -2.37. The molecule has 3 nitrogen and oxygen atoms in total. The molecule has 2 rings (SSSR count). The van der Waals surface area contributed by atoms with Gasteiger partial charge in [0.15, 0.2) is 11.6 Å². The van der Waals surface area contributed by atoms with Crippen LogP contribution in [0.5, 0.6) is 0 Å². The Balaban J connectivity index is 2.53. The molecule has 0 fully saturated rings. The van der Waals surface area contributed by atoms with Crippen LogP contribution in [0.25, 0.3) is 11.3 Å². The van der Waals surface area contributed by atoms with E-state index in [2.05, 4.69) is 9.72 Å². The van der Waals surface area contributed by atoms with E-state index in [4.69, 9.17) is 0 Å². The van der Waals surface area contributed by atoms with E-state index >= 15 is 0 Å². The van der Waals surface area contributed by atoms with Crippen LogP contribution in [0.3, 0.4) is 0 Å². The highest BCUT2D eigenvalue weighted by Crippen LogP contribution is 2.25. The second-order valence-electron chi connectivity index (χ2n) is 3.87. The quantitative estimate of drug-likeness (QED) is 0.810. The van der Waals surface area contributed by atoms with E-state index in [1.165, 1.54) is 19.1 Å². The van der Waals surface area contributed by atoms with Gasteiger partial charge in [0.25, 0.3) is 0 Å². The summed E-state index contributed by atoms with van der Waals surface area (Å²) in [7, 11) is 0. The minimum atomic E-state index is -1.13. The van der Waals surface area contributed by atoms with Crippen LogP contribution >= 0.6 is 0 Å². The molecule has 0 saturated heterocycles. The number of hydrogen-bond acceptors (Lipinski definition) is 3. The smallest absolute Gasteiger partial charge is 0.344 e. The highest BCUT2D eigenvalue weighted by Gasteiger charge is 2.23. The van der Waals surface area contributed by atoms with Crippen molar-refractivity contribution >= 4 is 5.97 Å². The standard InChI is InChI=1S/C14H10F3NO2/c1-2-20-14(19)11-10(16)7-18-13(12(11)17)8-3-5-9(15)6-4-8/h3-7H,2H2,1H3. The third kappa shape index (κ3) is 2.64. The van der Waals surface area contributed by atoms with Gasteiger partial charge in [0.05, 0.1) is 12.8 Å². The summed E-state index contributed by atoms with van der Waals surface area (Å²) in [6.07, 6.45) is 0.730. The first-order valence-electron chi connectivity index (χ1n) is 5.81. The van der Waals surface area contributed by atoms with Gasteiger partial charge in [0, 0.05) is 5.56 Å². The summed E-state index contributed by atoms with van der Waals surface area (Å²) in [6.45, 7) is 1.52. The number of nitrogens with zero attached hydrogens (tertiary/aromatic N) is 1. The summed E-state index contributed by atoms with van der Waals surface area (Å²) in [5.74, 6) is -3.84. The lowest BCUT2D eigenvalue weighted by molar-refractivity contribution is 0.0515. The second kappa shape index (κ2) is 5.73. The van der Waals surface area contributed by atoms with Gasteiger partial charge >= 0.3 is 5.97 Å². The number of esters is 1. The SMILES string of the molecule is CCOC(=O)c1c(F)cnc(-c2ccc(F)cc2)c1F. The third-order valence-electron chi connectivity index (χ3n) is 2.57. The Kier molecular flexibility index (Phi) is 4.02. The molecule has 0 amide bonds. The largest absolute Gasteiger partial charge is 0.462 e. The molecule has 1 aromatic heterocycles. The molecule has 0 unspecified atom stereocenters. The Bertz CT molecular complexity index is 642. The molecule has 104 valence electrons. The van der Waals surface area contributed by atoms with Crippen LogP contribution in [0.1, 0.15) is 17.3 Å². The molecule has 6 heteroatoms. The molecular formula is C14H10F3NO2. The Morgan fingerprint density at radius 3 is 2.45 bits per heavy atom. The molecule has 1 aromatic carbocycles. The molecule has 0 bridgehead atoms. The molecule has 0 saturated carbocycles. The van der Waals surface area contributed by atoms with Gasteiger partial charge in [-0.25, -0.2) is 18.0 Å². The van der Waals surface area contributed by atoms with Crippen molar-refractivity contribution < 1.29 is 22.7 Å². The Morgan fingerprint density at radius 2 is 1.85 bits per heavy atom. The van der Waals surface area contributed by atoms with Gasteiger partial charge in [-0.3, -0.25) is 4.98 Å². The lowest BCUT2D eigenvalue weighted by Gasteiger charge is -2.08. The van der Waals surface area contributed by atoms with Crippen molar-refractivity contribution in [2.45, 2.75) is 6.92 Å². The molecule has 0 radical (unpaired) electrons. The first kappa shape index (κ1) is 14.0. The van der Waals surface area contributed by atoms with Gasteiger partial charge in [0.2, 0.25) is 0 Å². The molecule has 1 heterocycles. The lowest BCUT2D eigenvalue weighted by Crippen LogP contribution is -2.12. The van der Waals surface area contributed by atoms with Gasteiger partial charge in [-0.1, -0.05) is 0 Å². The number of aromatic nitrogens is 1. The summed E-state index contributed by atoms with van der Waals surface area (Å²) < 4.78 is 45.1. The Morgan fingerprint density at radius 1 is 1.20 bits per heavy atom. The summed E-state index contributed by atoms with van der Waals surface area (Å²) in [4.78, 5) is 15.1. The Labute approximate surface area is 113 Å². The number of hydrogen-bond donors (Lipinski definition) is 0. The molecule has 0 spiro atoms. The summed E-state index contributed by atoms with van der Waals surface area (Å²) in [6, 6.07) is 4.80. The van der Waals surface area contributed by atoms with E-state index in [1.54, 1.807) is 0 Å². The van der Waals surface area contributed by atoms with E-state index in [-0.39, 0.29) is 17.9 Å². The fourth-order valence-electron chi connectivity index (χ4n) is 1.67. The van der Waals surface area contributed by atoms with E-state index in [0.717, 1.165) is 18.3 Å². The third-order valence-corrected chi connectivity index (χ3v) is 2.57. The number of benzene rings is 1. The van der Waals surface area contributed by atoms with E-state index < -0.39 is 29.0 Å². The maximum atomic E-state index is 14.2. The fourth-order valence-corrected chi connectivity index (χ4v) is 1.67. The van der Waals surface area contributed by atoms with Gasteiger partial charge in [-0.05, 0) is 31.2 Å². The van der Waals surface area contributed by atoms with E-state index in [1.807, 2.05) is 0 Å². The second-order valence-corrected chi connectivity index (χ2v) is 3.87. The molecule has 0 N–H and O–H groups in total. The summed E-state index contributed by atoms with van der Waals surface area (Å²) in [5, 5.41) is 0. The van der Waals surface area contributed by atoms with Crippen LogP contribution in [0.4, 0.5) is 13.2 Å². The van der Waals surface area contributed by atoms with Crippen LogP contribution in [-0.2, 0) is 4.74 Å². The van der Waals surface area contributed by atoms with Crippen LogP contribution in [0.15, 0.2) is 30.5 Å². The zero-order chi connectivity index (χ0) is 14.7. The monoisotopic (exact) mass is 281 g/mol. The molecule has 0 aliphatic heterocycles. The molecular weight excluding hydrogens is 271 g/mol. The number of carbonyl (C=O) groups is 1. The highest BCUT2D eigenvalue weighted by molar-refractivity contribution is 5.91. The molecule has 20 heavy (non-hydrogen) atoms. The minimum Gasteiger partial charge on any atom is -0.462 e. The predicted octanol–water partition coefficient (Wildman–Crippen LogP) is 3.34. The normalized spacial score (nSPS) is 10.4. The van der Waals surface area contributed by atoms with Crippen LogP contribution in [0, 0.1) is 17.5 Å². The lowest BCUT2D eigenvalue weighted by atomic mass is 10.1. The average Bonchev–Trinajstić information content (AvgIpc) is 2.41. The molecule has 0 aliphatic rings. The van der Waals surface area contributed by atoms with Gasteiger partial charge in [0.1, 0.15) is 17.1 Å². The van der Waals surface area contributed by atoms with Crippen molar-refractivity contribution in [3.05, 3.63) is 53.5 Å². The van der Waals surface area contributed by atoms with Crippen molar-refractivity contribution in [2.24, 2.45) is 0 Å². The predicted molar refractivity (Wildman–Crippen MR) is 65.5 cm³/mol. The van der Waals surface area contributed by atoms with Crippen LogP contribution in [0.2, 0.25) is 0 Å². The van der Waals surface area contributed by atoms with Crippen molar-refractivity contribution in [1.29, 1.82) is 0 Å². The van der Waals surface area contributed by atoms with Crippen molar-refractivity contribution in [1.82, 2.24) is 4.98 Å². The summed E-state index contributed by atoms with van der Waals surface area (Å²) >= 11 is 0. The van der Waals surface area contributed by atoms with Crippen molar-refractivity contribution in [3.8, 4) is 11.3 Å². The number of rotatable bonds is 3. The van der Waals surface area contributed by atoms with Gasteiger partial charge < -0.3 is 4.74 Å². The number of ether oxygens (including phenoxy) is 1. The van der Waals surface area contributed by atoms with Crippen molar-refractivity contribution in [2.75, 3.05) is 6.61 Å². The topological polar surface area (TPSA) is 39.2 Å². The maximum Gasteiger partial charge on any atom is 0.344 e. The van der Waals surface area contributed by atoms with Crippen LogP contribution < -0.4 is 0 Å². The zero-order valence-electron chi connectivity index (χ0n) is 10.5. The van der Waals surface area contributed by atoms with Gasteiger partial charge in [-0.15, -0.1) is 0 Å². The molecule has 0 atom stereocenters. The average molecular weight is 281 g/mol. The zero-order valence-corrected chi connectivity index (χ0v) is 10.5. The number of carbonyl (C=O) groups excluding carboxylic acids is 1. The van der Waals surface area contributed by atoms with E-state index in [0.29, 0.717) is 0 Å². The van der Waals surface area contributed by atoms with E-state index in [9.17, 15) is 18.0 Å². The molecule has 0 aliphatic carbocycles. The van der Waals surface area contributed by atoms with Crippen LogP contribution in [-0.4, -0.2) is 17.6 Å². The number of halogens is 3. The highest BCUT2D eigenvalue weighted by atomic mass is 19.1. The van der Waals surface area contributed by atoms with Gasteiger partial charge in [-0.2, -0.15) is 0 Å². The number of pyridine rings is 1. The fraction of sp³-hybridized carbons (Fsp3) is 0.143. The first-order chi connectivity index (χ1) is 9.54.